The van der Waals surface area contributed by atoms with Crippen LogP contribution in [0.25, 0.3) is 0 Å². The Balaban J connectivity index is 1.15. The summed E-state index contributed by atoms with van der Waals surface area (Å²) in [6, 6.07) is 5.13. The number of nitrogens with zero attached hydrogens (tertiary/aromatic N) is 1. The molecule has 0 bridgehead atoms. The van der Waals surface area contributed by atoms with Gasteiger partial charge in [-0.3, -0.25) is 14.4 Å². The zero-order valence-electron chi connectivity index (χ0n) is 34.7. The summed E-state index contributed by atoms with van der Waals surface area (Å²) in [6.07, 6.45) is -6.65. The number of esters is 1. The number of ether oxygens (including phenoxy) is 7. The smallest absolute Gasteiger partial charge is 0.316 e. The molecule has 59 heavy (non-hydrogen) atoms. The molecule has 0 radical (unpaired) electrons. The molecule has 2 aliphatic carbocycles. The van der Waals surface area contributed by atoms with Crippen LogP contribution in [0.4, 0.5) is 0 Å². The number of benzene rings is 2. The molecule has 3 aliphatic heterocycles. The second kappa shape index (κ2) is 16.7. The summed E-state index contributed by atoms with van der Waals surface area (Å²) >= 11 is 0. The van der Waals surface area contributed by atoms with Crippen LogP contribution in [0.5, 0.6) is 11.5 Å². The van der Waals surface area contributed by atoms with E-state index in [0.29, 0.717) is 12.8 Å². The minimum Gasteiger partial charge on any atom is -0.507 e. The lowest BCUT2D eigenvalue weighted by molar-refractivity contribution is -0.328. The van der Waals surface area contributed by atoms with E-state index in [0.717, 1.165) is 0 Å². The topological polar surface area (TPSA) is 220 Å². The molecule has 3 heterocycles. The number of aromatic hydroxyl groups is 2. The highest BCUT2D eigenvalue weighted by atomic mass is 16.7. The molecule has 0 spiro atoms. The van der Waals surface area contributed by atoms with Gasteiger partial charge in [0.1, 0.15) is 29.6 Å². The number of aliphatic hydroxyl groups excluding tert-OH is 2. The molecule has 2 aromatic carbocycles. The normalized spacial score (nSPS) is 37.2. The Hall–Kier alpha value is -3.55. The van der Waals surface area contributed by atoms with Gasteiger partial charge in [-0.2, -0.15) is 0 Å². The highest BCUT2D eigenvalue weighted by molar-refractivity contribution is 6.30. The van der Waals surface area contributed by atoms with Crippen molar-refractivity contribution in [2.45, 2.75) is 152 Å². The monoisotopic (exact) mass is 827 g/mol. The van der Waals surface area contributed by atoms with Gasteiger partial charge in [0.25, 0.3) is 0 Å². The lowest BCUT2D eigenvalue weighted by Gasteiger charge is -2.49. The van der Waals surface area contributed by atoms with E-state index in [2.05, 4.69) is 0 Å². The molecule has 0 amide bonds. The van der Waals surface area contributed by atoms with Crippen LogP contribution in [0.1, 0.15) is 122 Å². The fourth-order valence-corrected chi connectivity index (χ4v) is 9.54. The second-order valence-corrected chi connectivity index (χ2v) is 17.2. The van der Waals surface area contributed by atoms with Crippen molar-refractivity contribution in [2.24, 2.45) is 5.92 Å². The van der Waals surface area contributed by atoms with Crippen molar-refractivity contribution in [3.63, 3.8) is 0 Å². The van der Waals surface area contributed by atoms with Crippen LogP contribution < -0.4 is 0 Å². The third kappa shape index (κ3) is 7.81. The minimum absolute atomic E-state index is 0.0279. The maximum Gasteiger partial charge on any atom is 0.316 e. The summed E-state index contributed by atoms with van der Waals surface area (Å²) < 4.78 is 43.0. The number of hydrogen-bond donors (Lipinski definition) is 5. The van der Waals surface area contributed by atoms with Crippen molar-refractivity contribution in [1.29, 1.82) is 0 Å². The van der Waals surface area contributed by atoms with Gasteiger partial charge < -0.3 is 63.6 Å². The quantitative estimate of drug-likeness (QED) is 0.196. The number of phenolic OH excluding ortho intramolecular Hbond substituents is 2. The molecule has 5 aliphatic rings. The Morgan fingerprint density at radius 2 is 1.47 bits per heavy atom. The van der Waals surface area contributed by atoms with Gasteiger partial charge in [-0.1, -0.05) is 26.0 Å². The van der Waals surface area contributed by atoms with E-state index >= 15 is 0 Å². The molecule has 16 heteroatoms. The maximum atomic E-state index is 14.0. The molecule has 14 unspecified atom stereocenters. The SMILES string of the molecule is COC(=O)C1c2cc3c(c(O)c2C(OC2CC(N(C)C)C(OC4CC(O)C(OC5CCC(O)C(C)O5)C(C)O4)C(C)O2)CC1(O)C(C)C)C(=O)c1c(O)cccc1C3=O. The number of methoxy groups -OCH3 is 1. The number of aliphatic hydroxyl groups is 3. The van der Waals surface area contributed by atoms with E-state index in [-0.39, 0.29) is 58.7 Å². The summed E-state index contributed by atoms with van der Waals surface area (Å²) in [7, 11) is 4.94. The largest absolute Gasteiger partial charge is 0.507 e. The Labute approximate surface area is 343 Å². The fraction of sp³-hybridized carbons (Fsp3) is 0.651. The summed E-state index contributed by atoms with van der Waals surface area (Å²) in [5.41, 5.74) is -2.53. The van der Waals surface area contributed by atoms with E-state index in [1.54, 1.807) is 27.7 Å². The summed E-state index contributed by atoms with van der Waals surface area (Å²) in [6.45, 7) is 8.86. The van der Waals surface area contributed by atoms with Gasteiger partial charge in [-0.05, 0) is 64.9 Å². The lowest BCUT2D eigenvalue weighted by atomic mass is 9.64. The van der Waals surface area contributed by atoms with Gasteiger partial charge in [0.2, 0.25) is 5.78 Å². The Morgan fingerprint density at radius 3 is 2.10 bits per heavy atom. The van der Waals surface area contributed by atoms with Crippen LogP contribution in [0.15, 0.2) is 24.3 Å². The number of carbonyl (C=O) groups is 3. The van der Waals surface area contributed by atoms with Crippen molar-refractivity contribution in [1.82, 2.24) is 4.90 Å². The molecule has 5 N–H and O–H groups in total. The third-order valence-corrected chi connectivity index (χ3v) is 12.9. The van der Waals surface area contributed by atoms with E-state index in [4.69, 9.17) is 33.2 Å². The second-order valence-electron chi connectivity index (χ2n) is 17.2. The Bertz CT molecular complexity index is 1920. The van der Waals surface area contributed by atoms with Crippen LogP contribution in [-0.4, -0.2) is 142 Å². The predicted molar refractivity (Wildman–Crippen MR) is 207 cm³/mol. The van der Waals surface area contributed by atoms with Crippen LogP contribution in [-0.2, 0) is 38.0 Å². The third-order valence-electron chi connectivity index (χ3n) is 12.9. The van der Waals surface area contributed by atoms with Gasteiger partial charge in [0.05, 0.1) is 60.5 Å². The number of rotatable bonds is 9. The number of ketones is 2. The molecule has 16 nitrogen and oxygen atoms in total. The molecular weight excluding hydrogens is 770 g/mol. The van der Waals surface area contributed by atoms with Gasteiger partial charge in [-0.15, -0.1) is 0 Å². The Morgan fingerprint density at radius 1 is 0.831 bits per heavy atom. The molecule has 0 aromatic heterocycles. The highest BCUT2D eigenvalue weighted by Gasteiger charge is 2.55. The van der Waals surface area contributed by atoms with Crippen LogP contribution >= 0.6 is 0 Å². The first-order valence-corrected chi connectivity index (χ1v) is 20.4. The molecule has 3 fully saturated rings. The molecule has 14 atom stereocenters. The lowest BCUT2D eigenvalue weighted by Crippen LogP contribution is -2.58. The highest BCUT2D eigenvalue weighted by Crippen LogP contribution is 2.55. The number of hydrogen-bond acceptors (Lipinski definition) is 16. The number of carbonyl (C=O) groups excluding carboxylic acids is 3. The first kappa shape index (κ1) is 43.5. The molecule has 324 valence electrons. The molecule has 3 saturated heterocycles. The van der Waals surface area contributed by atoms with Crippen molar-refractivity contribution in [2.75, 3.05) is 21.2 Å². The number of fused-ring (bicyclic) bond motifs is 3. The van der Waals surface area contributed by atoms with Crippen LogP contribution in [0.3, 0.4) is 0 Å². The average Bonchev–Trinajstić information content (AvgIpc) is 3.16. The standard InChI is InChI=1S/C43H57NO15/c1-18(2)43(52)17-29(34-23(36(43)42(51)53-8)14-24-35(39(34)50)38(49)33-22(37(24)48)10-9-11-27(33)46)57-31-15-25(44(6)7)40(20(4)55-31)59-32-16-28(47)41(21(5)56-32)58-30-13-12-26(45)19(3)54-30/h9-11,14,18-21,25-26,28-32,36,40-41,45-47,50,52H,12-13,15-17H2,1-8H3. The van der Waals surface area contributed by atoms with Gasteiger partial charge in [0.15, 0.2) is 24.7 Å². The van der Waals surface area contributed by atoms with E-state index in [1.165, 1.54) is 31.4 Å². The van der Waals surface area contributed by atoms with Crippen LogP contribution in [0, 0.1) is 5.92 Å². The van der Waals surface area contributed by atoms with Gasteiger partial charge in [-0.25, -0.2) is 0 Å². The number of phenols is 2. The zero-order chi connectivity index (χ0) is 42.8. The van der Waals surface area contributed by atoms with Crippen molar-refractivity contribution in [3.8, 4) is 11.5 Å². The van der Waals surface area contributed by atoms with Gasteiger partial charge in [0, 0.05) is 48.4 Å². The maximum absolute atomic E-state index is 14.0. The van der Waals surface area contributed by atoms with Gasteiger partial charge >= 0.3 is 5.97 Å². The summed E-state index contributed by atoms with van der Waals surface area (Å²) in [4.78, 5) is 43.4. The van der Waals surface area contributed by atoms with E-state index in [1.807, 2.05) is 25.9 Å². The molecule has 0 saturated carbocycles. The predicted octanol–water partition coefficient (Wildman–Crippen LogP) is 3.20. The molecule has 2 aromatic rings. The van der Waals surface area contributed by atoms with Crippen molar-refractivity contribution < 1.29 is 73.1 Å². The first-order chi connectivity index (χ1) is 27.9. The Kier molecular flexibility index (Phi) is 12.3. The van der Waals surface area contributed by atoms with Crippen LogP contribution in [0.2, 0.25) is 0 Å². The first-order valence-electron chi connectivity index (χ1n) is 20.4. The van der Waals surface area contributed by atoms with E-state index < -0.39 is 114 Å². The average molecular weight is 828 g/mol. The summed E-state index contributed by atoms with van der Waals surface area (Å²) in [5, 5.41) is 56.3. The summed E-state index contributed by atoms with van der Waals surface area (Å²) in [5.74, 6) is -5.17. The number of likely N-dealkylation sites (N-methyl/N-ethyl adjacent to an activating group) is 1. The zero-order valence-corrected chi connectivity index (χ0v) is 34.7. The minimum atomic E-state index is -1.80. The molecular formula is C43H57NO15. The van der Waals surface area contributed by atoms with Crippen molar-refractivity contribution >= 4 is 17.5 Å². The molecule has 7 rings (SSSR count). The van der Waals surface area contributed by atoms with E-state index in [9.17, 15) is 39.9 Å². The van der Waals surface area contributed by atoms with Crippen molar-refractivity contribution in [3.05, 3.63) is 57.6 Å². The fourth-order valence-electron chi connectivity index (χ4n) is 9.54.